The Kier molecular flexibility index (Phi) is 5.65. The predicted molar refractivity (Wildman–Crippen MR) is 89.2 cm³/mol. The highest BCUT2D eigenvalue weighted by atomic mass is 32.1. The molecule has 0 saturated carbocycles. The lowest BCUT2D eigenvalue weighted by atomic mass is 9.89. The van der Waals surface area contributed by atoms with E-state index in [1.165, 1.54) is 42.1 Å². The number of aryl methyl sites for hydroxylation is 1. The Morgan fingerprint density at radius 1 is 1.20 bits per heavy atom. The minimum absolute atomic E-state index is 0.198. The van der Waals surface area contributed by atoms with Crippen LogP contribution in [0.15, 0.2) is 12.1 Å². The Bertz CT molecular complexity index is 411. The Hall–Kier alpha value is -0.380. The van der Waals surface area contributed by atoms with Crippen molar-refractivity contribution in [2.24, 2.45) is 17.6 Å². The number of hydrogen-bond acceptors (Lipinski definition) is 3. The van der Waals surface area contributed by atoms with Gasteiger partial charge in [0.2, 0.25) is 0 Å². The van der Waals surface area contributed by atoms with Crippen LogP contribution in [0.5, 0.6) is 0 Å². The molecule has 3 unspecified atom stereocenters. The number of thiophene rings is 1. The maximum absolute atomic E-state index is 6.32. The average molecular weight is 295 g/mol. The minimum Gasteiger partial charge on any atom is -0.326 e. The van der Waals surface area contributed by atoms with Gasteiger partial charge in [-0.05, 0) is 70.2 Å². The summed E-state index contributed by atoms with van der Waals surface area (Å²) in [7, 11) is 0. The first-order valence-electron chi connectivity index (χ1n) is 8.05. The summed E-state index contributed by atoms with van der Waals surface area (Å²) in [6.07, 6.45) is 4.02. The second-order valence-corrected chi connectivity index (χ2v) is 8.04. The van der Waals surface area contributed by atoms with Crippen molar-refractivity contribution in [1.29, 1.82) is 0 Å². The topological polar surface area (TPSA) is 29.3 Å². The fourth-order valence-electron chi connectivity index (χ4n) is 3.47. The SMILES string of the molecule is Cc1ccc(C(C(C)N)N2CCCC(C(C)C)CC2)s1. The molecule has 20 heavy (non-hydrogen) atoms. The number of hydrogen-bond donors (Lipinski definition) is 1. The average Bonchev–Trinajstić information content (AvgIpc) is 2.63. The molecular formula is C17H30N2S. The first-order valence-corrected chi connectivity index (χ1v) is 8.86. The summed E-state index contributed by atoms with van der Waals surface area (Å²) < 4.78 is 0. The van der Waals surface area contributed by atoms with Gasteiger partial charge < -0.3 is 5.73 Å². The van der Waals surface area contributed by atoms with Crippen molar-refractivity contribution < 1.29 is 0 Å². The number of likely N-dealkylation sites (tertiary alicyclic amines) is 1. The predicted octanol–water partition coefficient (Wildman–Crippen LogP) is 4.20. The van der Waals surface area contributed by atoms with Gasteiger partial charge >= 0.3 is 0 Å². The van der Waals surface area contributed by atoms with Crippen molar-refractivity contribution in [3.05, 3.63) is 21.9 Å². The van der Waals surface area contributed by atoms with E-state index >= 15 is 0 Å². The van der Waals surface area contributed by atoms with Gasteiger partial charge in [-0.3, -0.25) is 4.90 Å². The fraction of sp³-hybridized carbons (Fsp3) is 0.765. The summed E-state index contributed by atoms with van der Waals surface area (Å²) in [5.41, 5.74) is 6.32. The van der Waals surface area contributed by atoms with E-state index in [9.17, 15) is 0 Å². The lowest BCUT2D eigenvalue weighted by Crippen LogP contribution is -2.39. The molecule has 1 aliphatic rings. The van der Waals surface area contributed by atoms with Crippen LogP contribution in [0.1, 0.15) is 55.8 Å². The maximum Gasteiger partial charge on any atom is 0.0590 e. The molecule has 2 heterocycles. The largest absolute Gasteiger partial charge is 0.326 e. The summed E-state index contributed by atoms with van der Waals surface area (Å²) in [4.78, 5) is 5.47. The molecule has 2 nitrogen and oxygen atoms in total. The maximum atomic E-state index is 6.32. The van der Waals surface area contributed by atoms with Crippen LogP contribution >= 0.6 is 11.3 Å². The van der Waals surface area contributed by atoms with Crippen LogP contribution in [0.2, 0.25) is 0 Å². The van der Waals surface area contributed by atoms with Crippen LogP contribution in [-0.4, -0.2) is 24.0 Å². The second kappa shape index (κ2) is 7.06. The number of nitrogens with two attached hydrogens (primary N) is 1. The summed E-state index contributed by atoms with van der Waals surface area (Å²) in [5, 5.41) is 0. The van der Waals surface area contributed by atoms with Gasteiger partial charge in [-0.1, -0.05) is 13.8 Å². The van der Waals surface area contributed by atoms with Crippen LogP contribution in [0.25, 0.3) is 0 Å². The van der Waals surface area contributed by atoms with Gasteiger partial charge in [-0.25, -0.2) is 0 Å². The third kappa shape index (κ3) is 3.84. The molecule has 3 heteroatoms. The zero-order valence-electron chi connectivity index (χ0n) is 13.4. The third-order valence-electron chi connectivity index (χ3n) is 4.69. The van der Waals surface area contributed by atoms with Gasteiger partial charge in [0.1, 0.15) is 0 Å². The first-order chi connectivity index (χ1) is 9.49. The van der Waals surface area contributed by atoms with E-state index in [4.69, 9.17) is 5.73 Å². The summed E-state index contributed by atoms with van der Waals surface area (Å²) in [6.45, 7) is 11.5. The van der Waals surface area contributed by atoms with Crippen LogP contribution in [-0.2, 0) is 0 Å². The molecule has 2 N–H and O–H groups in total. The highest BCUT2D eigenvalue weighted by Crippen LogP contribution is 2.33. The molecule has 0 bridgehead atoms. The summed E-state index contributed by atoms with van der Waals surface area (Å²) in [6, 6.07) is 5.10. The molecule has 3 atom stereocenters. The van der Waals surface area contributed by atoms with Gasteiger partial charge in [0.05, 0.1) is 6.04 Å². The van der Waals surface area contributed by atoms with E-state index in [2.05, 4.69) is 44.7 Å². The van der Waals surface area contributed by atoms with E-state index in [-0.39, 0.29) is 6.04 Å². The van der Waals surface area contributed by atoms with Crippen LogP contribution < -0.4 is 5.73 Å². The monoisotopic (exact) mass is 294 g/mol. The third-order valence-corrected chi connectivity index (χ3v) is 5.77. The Morgan fingerprint density at radius 3 is 2.50 bits per heavy atom. The van der Waals surface area contributed by atoms with Crippen LogP contribution in [0.3, 0.4) is 0 Å². The van der Waals surface area contributed by atoms with Gasteiger partial charge in [-0.2, -0.15) is 0 Å². The Labute approximate surface area is 128 Å². The molecule has 1 aromatic heterocycles. The van der Waals surface area contributed by atoms with Crippen molar-refractivity contribution in [1.82, 2.24) is 4.90 Å². The van der Waals surface area contributed by atoms with Gasteiger partial charge in [0, 0.05) is 15.8 Å². The minimum atomic E-state index is 0.198. The molecule has 1 fully saturated rings. The van der Waals surface area contributed by atoms with Crippen LogP contribution in [0, 0.1) is 18.8 Å². The molecule has 0 amide bonds. The first kappa shape index (κ1) is 16.0. The van der Waals surface area contributed by atoms with Crippen molar-refractivity contribution >= 4 is 11.3 Å². The molecular weight excluding hydrogens is 264 g/mol. The molecule has 0 radical (unpaired) electrons. The van der Waals surface area contributed by atoms with E-state index in [0.29, 0.717) is 6.04 Å². The molecule has 1 saturated heterocycles. The van der Waals surface area contributed by atoms with Crippen LogP contribution in [0.4, 0.5) is 0 Å². The summed E-state index contributed by atoms with van der Waals surface area (Å²) in [5.74, 6) is 1.70. The van der Waals surface area contributed by atoms with E-state index in [1.54, 1.807) is 0 Å². The molecule has 0 aromatic carbocycles. The number of rotatable bonds is 4. The lowest BCUT2D eigenvalue weighted by molar-refractivity contribution is 0.181. The molecule has 2 rings (SSSR count). The van der Waals surface area contributed by atoms with Gasteiger partial charge in [0.15, 0.2) is 0 Å². The molecule has 1 aromatic rings. The standard InChI is InChI=1S/C17H30N2S/c1-12(2)15-6-5-10-19(11-9-15)17(14(4)18)16-8-7-13(3)20-16/h7-8,12,14-15,17H,5-6,9-11,18H2,1-4H3. The van der Waals surface area contributed by atoms with Crippen molar-refractivity contribution in [2.75, 3.05) is 13.1 Å². The molecule has 0 spiro atoms. The Morgan fingerprint density at radius 2 is 1.95 bits per heavy atom. The van der Waals surface area contributed by atoms with E-state index in [0.717, 1.165) is 11.8 Å². The lowest BCUT2D eigenvalue weighted by Gasteiger charge is -2.33. The van der Waals surface area contributed by atoms with Crippen molar-refractivity contribution in [3.63, 3.8) is 0 Å². The summed E-state index contributed by atoms with van der Waals surface area (Å²) >= 11 is 1.91. The Balaban J connectivity index is 2.10. The fourth-order valence-corrected chi connectivity index (χ4v) is 4.60. The van der Waals surface area contributed by atoms with E-state index in [1.807, 2.05) is 11.3 Å². The van der Waals surface area contributed by atoms with Gasteiger partial charge in [-0.15, -0.1) is 11.3 Å². The zero-order chi connectivity index (χ0) is 14.7. The molecule has 114 valence electrons. The van der Waals surface area contributed by atoms with Crippen molar-refractivity contribution in [2.45, 2.75) is 59.0 Å². The molecule has 1 aliphatic heterocycles. The quantitative estimate of drug-likeness (QED) is 0.901. The number of nitrogens with zero attached hydrogens (tertiary/aromatic N) is 1. The van der Waals surface area contributed by atoms with Crippen molar-refractivity contribution in [3.8, 4) is 0 Å². The smallest absolute Gasteiger partial charge is 0.0590 e. The normalized spacial score (nSPS) is 24.6. The highest BCUT2D eigenvalue weighted by molar-refractivity contribution is 7.12. The highest BCUT2D eigenvalue weighted by Gasteiger charge is 2.28. The van der Waals surface area contributed by atoms with Gasteiger partial charge in [0.25, 0.3) is 0 Å². The second-order valence-electron chi connectivity index (χ2n) is 6.72. The van der Waals surface area contributed by atoms with E-state index < -0.39 is 0 Å². The molecule has 0 aliphatic carbocycles. The zero-order valence-corrected chi connectivity index (χ0v) is 14.2.